The number of nitrogens with one attached hydrogen (secondary N) is 1. The van der Waals surface area contributed by atoms with Crippen LogP contribution in [0.25, 0.3) is 0 Å². The van der Waals surface area contributed by atoms with Crippen molar-refractivity contribution >= 4 is 40.4 Å². The van der Waals surface area contributed by atoms with Gasteiger partial charge in [0, 0.05) is 24.3 Å². The summed E-state index contributed by atoms with van der Waals surface area (Å²) in [6, 6.07) is 11.4. The van der Waals surface area contributed by atoms with E-state index in [-0.39, 0.29) is 12.0 Å². The first-order valence-corrected chi connectivity index (χ1v) is 10.8. The number of hydrogen-bond donors (Lipinski definition) is 1. The van der Waals surface area contributed by atoms with Crippen LogP contribution < -0.4 is 19.8 Å². The van der Waals surface area contributed by atoms with Crippen molar-refractivity contribution in [3.63, 3.8) is 0 Å². The molecule has 1 aliphatic heterocycles. The largest absolute Gasteiger partial charge is 0.493 e. The molecule has 1 saturated heterocycles. The minimum atomic E-state index is -0.240. The van der Waals surface area contributed by atoms with Crippen LogP contribution in [0.2, 0.25) is 0 Å². The Labute approximate surface area is 185 Å². The van der Waals surface area contributed by atoms with Crippen molar-refractivity contribution in [2.45, 2.75) is 32.8 Å². The molecule has 29 heavy (non-hydrogen) atoms. The first-order chi connectivity index (χ1) is 14.0. The normalized spacial score (nSPS) is 13.9. The van der Waals surface area contributed by atoms with Crippen molar-refractivity contribution in [1.29, 1.82) is 0 Å². The summed E-state index contributed by atoms with van der Waals surface area (Å²) in [7, 11) is 1.60. The lowest BCUT2D eigenvalue weighted by Crippen LogP contribution is -2.19. The van der Waals surface area contributed by atoms with Crippen molar-refractivity contribution in [3.05, 3.63) is 51.1 Å². The molecule has 2 aromatic carbocycles. The molecule has 154 valence electrons. The topological polar surface area (TPSA) is 63.2 Å². The van der Waals surface area contributed by atoms with Gasteiger partial charge in [0.05, 0.1) is 23.0 Å². The molecular weight excluding hydrogens is 481 g/mol. The van der Waals surface area contributed by atoms with E-state index in [4.69, 9.17) is 9.47 Å². The highest BCUT2D eigenvalue weighted by Gasteiger charge is 2.14. The molecule has 0 atom stereocenters. The minimum Gasteiger partial charge on any atom is -0.493 e. The fraction of sp³-hybridized carbons (Fsp3) is 0.364. The van der Waals surface area contributed by atoms with Gasteiger partial charge in [0.25, 0.3) is 5.91 Å². The average molecular weight is 507 g/mol. The zero-order chi connectivity index (χ0) is 20.8. The number of nitrogens with zero attached hydrogens (tertiary/aromatic N) is 2. The van der Waals surface area contributed by atoms with E-state index in [1.54, 1.807) is 13.3 Å². The molecule has 1 heterocycles. The first-order valence-electron chi connectivity index (χ1n) is 9.70. The Kier molecular flexibility index (Phi) is 7.35. The third-order valence-corrected chi connectivity index (χ3v) is 5.39. The van der Waals surface area contributed by atoms with Gasteiger partial charge in [-0.25, -0.2) is 5.43 Å². The van der Waals surface area contributed by atoms with E-state index < -0.39 is 0 Å². The van der Waals surface area contributed by atoms with Crippen LogP contribution in [-0.2, 0) is 0 Å². The number of hydrogen-bond acceptors (Lipinski definition) is 5. The molecule has 1 N–H and O–H groups in total. The summed E-state index contributed by atoms with van der Waals surface area (Å²) in [6.45, 7) is 6.11. The van der Waals surface area contributed by atoms with Gasteiger partial charge in [0.15, 0.2) is 11.5 Å². The summed E-state index contributed by atoms with van der Waals surface area (Å²) < 4.78 is 12.2. The Hall–Kier alpha value is -2.29. The molecular formula is C22H26IN3O3. The van der Waals surface area contributed by atoms with E-state index in [2.05, 4.69) is 38.0 Å². The van der Waals surface area contributed by atoms with E-state index in [9.17, 15) is 4.79 Å². The molecule has 0 saturated carbocycles. The summed E-state index contributed by atoms with van der Waals surface area (Å²) in [5.41, 5.74) is 5.14. The number of hydrazone groups is 1. The van der Waals surface area contributed by atoms with E-state index in [0.717, 1.165) is 27.9 Å². The Balaban J connectivity index is 1.64. The zero-order valence-electron chi connectivity index (χ0n) is 16.9. The monoisotopic (exact) mass is 507 g/mol. The van der Waals surface area contributed by atoms with Gasteiger partial charge in [-0.1, -0.05) is 0 Å². The molecule has 1 aliphatic rings. The molecule has 0 spiro atoms. The standard InChI is InChI=1S/C22H26IN3O3/c1-15(2)29-21-19(23)12-16(13-20(21)28-3)14-24-25-22(27)17-6-8-18(9-7-17)26-10-4-5-11-26/h6-9,12-15H,4-5,10-11H2,1-3H3,(H,25,27)/b24-14-. The Morgan fingerprint density at radius 2 is 1.90 bits per heavy atom. The van der Waals surface area contributed by atoms with E-state index >= 15 is 0 Å². The summed E-state index contributed by atoms with van der Waals surface area (Å²) in [4.78, 5) is 14.7. The average Bonchev–Trinajstić information content (AvgIpc) is 3.24. The summed E-state index contributed by atoms with van der Waals surface area (Å²) in [6.07, 6.45) is 4.10. The summed E-state index contributed by atoms with van der Waals surface area (Å²) in [5, 5.41) is 4.09. The molecule has 3 rings (SSSR count). The maximum absolute atomic E-state index is 12.3. The van der Waals surface area contributed by atoms with Crippen LogP contribution in [0.4, 0.5) is 5.69 Å². The maximum atomic E-state index is 12.3. The fourth-order valence-corrected chi connectivity index (χ4v) is 3.95. The van der Waals surface area contributed by atoms with E-state index in [1.807, 2.05) is 50.2 Å². The minimum absolute atomic E-state index is 0.0491. The number of carbonyl (C=O) groups excluding carboxylic acids is 1. The van der Waals surface area contributed by atoms with Crippen LogP contribution >= 0.6 is 22.6 Å². The second kappa shape index (κ2) is 9.96. The third kappa shape index (κ3) is 5.62. The molecule has 7 heteroatoms. The number of amides is 1. The van der Waals surface area contributed by atoms with Crippen LogP contribution in [0, 0.1) is 3.57 Å². The number of methoxy groups -OCH3 is 1. The van der Waals surface area contributed by atoms with Gasteiger partial charge in [-0.3, -0.25) is 4.79 Å². The first kappa shape index (κ1) is 21.4. The fourth-order valence-electron chi connectivity index (χ4n) is 3.19. The van der Waals surface area contributed by atoms with Gasteiger partial charge in [-0.2, -0.15) is 5.10 Å². The molecule has 1 fully saturated rings. The van der Waals surface area contributed by atoms with Crippen molar-refractivity contribution < 1.29 is 14.3 Å². The molecule has 2 aromatic rings. The Bertz CT molecular complexity index is 876. The van der Waals surface area contributed by atoms with Crippen LogP contribution in [0.1, 0.15) is 42.6 Å². The highest BCUT2D eigenvalue weighted by molar-refractivity contribution is 14.1. The lowest BCUT2D eigenvalue weighted by atomic mass is 10.2. The van der Waals surface area contributed by atoms with Gasteiger partial charge in [0.2, 0.25) is 0 Å². The Morgan fingerprint density at radius 3 is 2.52 bits per heavy atom. The number of benzene rings is 2. The third-order valence-electron chi connectivity index (χ3n) is 4.59. The van der Waals surface area contributed by atoms with Crippen molar-refractivity contribution in [1.82, 2.24) is 5.43 Å². The highest BCUT2D eigenvalue weighted by atomic mass is 127. The van der Waals surface area contributed by atoms with Gasteiger partial charge in [-0.05, 0) is 91.2 Å². The van der Waals surface area contributed by atoms with Gasteiger partial charge in [0.1, 0.15) is 0 Å². The zero-order valence-corrected chi connectivity index (χ0v) is 19.1. The lowest BCUT2D eigenvalue weighted by Gasteiger charge is -2.17. The number of carbonyl (C=O) groups is 1. The second-order valence-electron chi connectivity index (χ2n) is 7.14. The molecule has 0 aromatic heterocycles. The van der Waals surface area contributed by atoms with Crippen LogP contribution in [0.3, 0.4) is 0 Å². The quantitative estimate of drug-likeness (QED) is 0.342. The SMILES string of the molecule is COc1cc(/C=N\NC(=O)c2ccc(N3CCCC3)cc2)cc(I)c1OC(C)C. The predicted octanol–water partition coefficient (Wildman–Crippen LogP) is 4.45. The molecule has 0 aliphatic carbocycles. The van der Waals surface area contributed by atoms with Gasteiger partial charge >= 0.3 is 0 Å². The molecule has 0 unspecified atom stereocenters. The summed E-state index contributed by atoms with van der Waals surface area (Å²) in [5.74, 6) is 1.11. The number of anilines is 1. The summed E-state index contributed by atoms with van der Waals surface area (Å²) >= 11 is 2.20. The molecule has 6 nitrogen and oxygen atoms in total. The second-order valence-corrected chi connectivity index (χ2v) is 8.30. The Morgan fingerprint density at radius 1 is 1.21 bits per heavy atom. The number of rotatable bonds is 7. The van der Waals surface area contributed by atoms with Gasteiger partial charge in [-0.15, -0.1) is 0 Å². The van der Waals surface area contributed by atoms with Gasteiger partial charge < -0.3 is 14.4 Å². The van der Waals surface area contributed by atoms with Crippen LogP contribution in [0.5, 0.6) is 11.5 Å². The lowest BCUT2D eigenvalue weighted by molar-refractivity contribution is 0.0955. The van der Waals surface area contributed by atoms with Crippen molar-refractivity contribution in [3.8, 4) is 11.5 Å². The van der Waals surface area contributed by atoms with Crippen molar-refractivity contribution in [2.75, 3.05) is 25.1 Å². The molecule has 1 amide bonds. The van der Waals surface area contributed by atoms with Crippen molar-refractivity contribution in [2.24, 2.45) is 5.10 Å². The maximum Gasteiger partial charge on any atom is 0.271 e. The van der Waals surface area contributed by atoms with E-state index in [0.29, 0.717) is 17.1 Å². The smallest absolute Gasteiger partial charge is 0.271 e. The van der Waals surface area contributed by atoms with E-state index in [1.165, 1.54) is 12.8 Å². The van der Waals surface area contributed by atoms with Crippen LogP contribution in [0.15, 0.2) is 41.5 Å². The highest BCUT2D eigenvalue weighted by Crippen LogP contribution is 2.34. The van der Waals surface area contributed by atoms with Crippen LogP contribution in [-0.4, -0.2) is 38.4 Å². The number of halogens is 1. The molecule has 0 radical (unpaired) electrons. The molecule has 0 bridgehead atoms. The number of ether oxygens (including phenoxy) is 2. The predicted molar refractivity (Wildman–Crippen MR) is 124 cm³/mol.